The maximum atomic E-state index is 11.0. The molecule has 0 spiro atoms. The largest absolute Gasteiger partial charge is 0.758 e. The van der Waals surface area contributed by atoms with E-state index in [2.05, 4.69) is 5.32 Å². The van der Waals surface area contributed by atoms with Crippen molar-refractivity contribution in [3.05, 3.63) is 59.8 Å². The van der Waals surface area contributed by atoms with Gasteiger partial charge in [-0.15, -0.1) is 0 Å². The number of hydrogen-bond donors (Lipinski definition) is 1. The van der Waals surface area contributed by atoms with Gasteiger partial charge in [0.2, 0.25) is 0 Å². The van der Waals surface area contributed by atoms with Crippen molar-refractivity contribution in [2.24, 2.45) is 0 Å². The minimum absolute atomic E-state index is 0.651. The SMILES string of the molecule is CN([O-])c1ccc(Nc2ccccc2)cc1. The first-order valence-electron chi connectivity index (χ1n) is 5.09. The minimum Gasteiger partial charge on any atom is -0.758 e. The highest BCUT2D eigenvalue weighted by Crippen LogP contribution is 2.19. The average Bonchev–Trinajstić information content (AvgIpc) is 2.31. The van der Waals surface area contributed by atoms with Gasteiger partial charge in [0, 0.05) is 17.1 Å². The van der Waals surface area contributed by atoms with Crippen LogP contribution in [0.2, 0.25) is 0 Å². The maximum Gasteiger partial charge on any atom is 0.0385 e. The molecule has 0 aromatic heterocycles. The molecule has 0 bridgehead atoms. The summed E-state index contributed by atoms with van der Waals surface area (Å²) >= 11 is 0. The zero-order valence-electron chi connectivity index (χ0n) is 9.05. The molecule has 0 unspecified atom stereocenters. The lowest BCUT2D eigenvalue weighted by molar-refractivity contribution is 1.22. The molecule has 1 N–H and O–H groups in total. The van der Waals surface area contributed by atoms with Crippen LogP contribution in [0, 0.1) is 5.21 Å². The molecule has 0 aliphatic carbocycles. The third kappa shape index (κ3) is 2.52. The number of anilines is 3. The van der Waals surface area contributed by atoms with E-state index in [4.69, 9.17) is 0 Å². The lowest BCUT2D eigenvalue weighted by atomic mass is 10.2. The molecule has 2 aromatic carbocycles. The fourth-order valence-electron chi connectivity index (χ4n) is 1.44. The van der Waals surface area contributed by atoms with Gasteiger partial charge in [-0.05, 0) is 43.4 Å². The lowest BCUT2D eigenvalue weighted by Crippen LogP contribution is -2.05. The first-order valence-corrected chi connectivity index (χ1v) is 5.09. The summed E-state index contributed by atoms with van der Waals surface area (Å²) in [4.78, 5) is 0. The van der Waals surface area contributed by atoms with E-state index in [1.54, 1.807) is 12.1 Å². The van der Waals surface area contributed by atoms with Crippen molar-refractivity contribution in [2.75, 3.05) is 17.4 Å². The molecule has 0 radical (unpaired) electrons. The zero-order valence-corrected chi connectivity index (χ0v) is 9.05. The number of hydrogen-bond acceptors (Lipinski definition) is 3. The Labute approximate surface area is 94.9 Å². The summed E-state index contributed by atoms with van der Waals surface area (Å²) in [7, 11) is 1.49. The van der Waals surface area contributed by atoms with E-state index in [1.165, 1.54) is 7.05 Å². The predicted molar refractivity (Wildman–Crippen MR) is 67.9 cm³/mol. The smallest absolute Gasteiger partial charge is 0.0385 e. The van der Waals surface area contributed by atoms with Crippen molar-refractivity contribution in [1.82, 2.24) is 0 Å². The number of hydroxylamine groups is 1. The number of rotatable bonds is 3. The van der Waals surface area contributed by atoms with E-state index >= 15 is 0 Å². The van der Waals surface area contributed by atoms with Crippen molar-refractivity contribution in [3.8, 4) is 0 Å². The third-order valence-electron chi connectivity index (χ3n) is 2.29. The molecule has 0 heterocycles. The van der Waals surface area contributed by atoms with Gasteiger partial charge < -0.3 is 15.6 Å². The van der Waals surface area contributed by atoms with E-state index in [0.29, 0.717) is 5.69 Å². The van der Waals surface area contributed by atoms with Crippen LogP contribution in [0.1, 0.15) is 0 Å². The topological polar surface area (TPSA) is 38.3 Å². The monoisotopic (exact) mass is 213 g/mol. The Hall–Kier alpha value is -2.00. The number of benzene rings is 2. The van der Waals surface area contributed by atoms with Crippen LogP contribution in [-0.2, 0) is 0 Å². The van der Waals surface area contributed by atoms with Gasteiger partial charge in [0.25, 0.3) is 0 Å². The highest BCUT2D eigenvalue weighted by atomic mass is 16.5. The van der Waals surface area contributed by atoms with Crippen molar-refractivity contribution in [3.63, 3.8) is 0 Å². The summed E-state index contributed by atoms with van der Waals surface area (Å²) in [5.74, 6) is 0. The molecular formula is C13H13N2O-. The van der Waals surface area contributed by atoms with Gasteiger partial charge in [-0.1, -0.05) is 18.2 Å². The van der Waals surface area contributed by atoms with E-state index in [1.807, 2.05) is 42.5 Å². The summed E-state index contributed by atoms with van der Waals surface area (Å²) < 4.78 is 0. The number of para-hydroxylation sites is 1. The van der Waals surface area contributed by atoms with Gasteiger partial charge in [0.05, 0.1) is 0 Å². The maximum absolute atomic E-state index is 11.0. The van der Waals surface area contributed by atoms with E-state index in [9.17, 15) is 5.21 Å². The number of nitrogens with zero attached hydrogens (tertiary/aromatic N) is 1. The second kappa shape index (κ2) is 4.68. The Balaban J connectivity index is 2.11. The van der Waals surface area contributed by atoms with Gasteiger partial charge >= 0.3 is 0 Å². The van der Waals surface area contributed by atoms with Gasteiger partial charge in [-0.2, -0.15) is 0 Å². The summed E-state index contributed by atoms with van der Waals surface area (Å²) in [6.07, 6.45) is 0. The summed E-state index contributed by atoms with van der Waals surface area (Å²) in [5, 5.41) is 15.1. The summed E-state index contributed by atoms with van der Waals surface area (Å²) in [6, 6.07) is 17.3. The average molecular weight is 213 g/mol. The fraction of sp³-hybridized carbons (Fsp3) is 0.0769. The summed E-state index contributed by atoms with van der Waals surface area (Å²) in [6.45, 7) is 0. The molecule has 3 nitrogen and oxygen atoms in total. The first kappa shape index (κ1) is 10.5. The lowest BCUT2D eigenvalue weighted by Gasteiger charge is -2.24. The fourth-order valence-corrected chi connectivity index (χ4v) is 1.44. The van der Waals surface area contributed by atoms with Crippen LogP contribution in [-0.4, -0.2) is 7.05 Å². The third-order valence-corrected chi connectivity index (χ3v) is 2.29. The van der Waals surface area contributed by atoms with E-state index in [0.717, 1.165) is 16.4 Å². The Kier molecular flexibility index (Phi) is 3.08. The summed E-state index contributed by atoms with van der Waals surface area (Å²) in [5.41, 5.74) is 2.65. The van der Waals surface area contributed by atoms with Crippen LogP contribution in [0.3, 0.4) is 0 Å². The molecule has 82 valence electrons. The van der Waals surface area contributed by atoms with Crippen molar-refractivity contribution in [1.29, 1.82) is 0 Å². The molecule has 0 fully saturated rings. The molecule has 0 aliphatic rings. The zero-order chi connectivity index (χ0) is 11.4. The molecule has 2 aromatic rings. The molecule has 0 atom stereocenters. The van der Waals surface area contributed by atoms with Crippen LogP contribution >= 0.6 is 0 Å². The Morgan fingerprint density at radius 3 is 2.00 bits per heavy atom. The Morgan fingerprint density at radius 1 is 0.875 bits per heavy atom. The van der Waals surface area contributed by atoms with Crippen molar-refractivity contribution < 1.29 is 0 Å². The van der Waals surface area contributed by atoms with Crippen LogP contribution in [0.25, 0.3) is 0 Å². The molecule has 0 saturated carbocycles. The predicted octanol–water partition coefficient (Wildman–Crippen LogP) is 3.36. The highest BCUT2D eigenvalue weighted by molar-refractivity contribution is 5.62. The van der Waals surface area contributed by atoms with Crippen molar-refractivity contribution in [2.45, 2.75) is 0 Å². The Bertz CT molecular complexity index is 437. The van der Waals surface area contributed by atoms with Crippen LogP contribution in [0.5, 0.6) is 0 Å². The molecule has 2 rings (SSSR count). The molecular weight excluding hydrogens is 200 g/mol. The van der Waals surface area contributed by atoms with Gasteiger partial charge in [0.15, 0.2) is 0 Å². The second-order valence-electron chi connectivity index (χ2n) is 3.54. The molecule has 16 heavy (non-hydrogen) atoms. The number of nitrogens with one attached hydrogen (secondary N) is 1. The van der Waals surface area contributed by atoms with Crippen LogP contribution in [0.15, 0.2) is 54.6 Å². The van der Waals surface area contributed by atoms with Gasteiger partial charge in [0.1, 0.15) is 0 Å². The minimum atomic E-state index is 0.651. The standard InChI is InChI=1S/C13H13N2O/c1-15(16)13-9-7-12(8-10-13)14-11-5-3-2-4-6-11/h2-10,14H,1H3/q-1. The Morgan fingerprint density at radius 2 is 1.44 bits per heavy atom. The van der Waals surface area contributed by atoms with Gasteiger partial charge in [-0.25, -0.2) is 0 Å². The molecule has 0 saturated heterocycles. The van der Waals surface area contributed by atoms with Crippen LogP contribution < -0.4 is 10.4 Å². The molecule has 0 aliphatic heterocycles. The first-order chi connectivity index (χ1) is 7.75. The van der Waals surface area contributed by atoms with Gasteiger partial charge in [-0.3, -0.25) is 0 Å². The molecule has 0 amide bonds. The second-order valence-corrected chi connectivity index (χ2v) is 3.54. The molecule has 3 heteroatoms. The van der Waals surface area contributed by atoms with E-state index < -0.39 is 0 Å². The quantitative estimate of drug-likeness (QED) is 0.794. The van der Waals surface area contributed by atoms with Crippen LogP contribution in [0.4, 0.5) is 17.1 Å². The normalized spacial score (nSPS) is 9.88. The highest BCUT2D eigenvalue weighted by Gasteiger charge is 1.94. The van der Waals surface area contributed by atoms with E-state index in [-0.39, 0.29) is 0 Å². The van der Waals surface area contributed by atoms with Crippen molar-refractivity contribution >= 4 is 17.1 Å².